The van der Waals surface area contributed by atoms with Gasteiger partial charge in [-0.25, -0.2) is 0 Å². The molecular formula is C15H27N3O. The van der Waals surface area contributed by atoms with E-state index in [-0.39, 0.29) is 5.54 Å². The van der Waals surface area contributed by atoms with E-state index in [1.807, 2.05) is 12.3 Å². The second-order valence-corrected chi connectivity index (χ2v) is 6.26. The molecule has 19 heavy (non-hydrogen) atoms. The fourth-order valence-corrected chi connectivity index (χ4v) is 2.57. The second-order valence-electron chi connectivity index (χ2n) is 6.26. The number of hydrogen-bond donors (Lipinski definition) is 1. The summed E-state index contributed by atoms with van der Waals surface area (Å²) in [5, 5.41) is 3.62. The molecule has 4 nitrogen and oxygen atoms in total. The van der Waals surface area contributed by atoms with Crippen molar-refractivity contribution in [2.24, 2.45) is 0 Å². The van der Waals surface area contributed by atoms with Crippen molar-refractivity contribution < 1.29 is 4.42 Å². The van der Waals surface area contributed by atoms with Gasteiger partial charge in [0.2, 0.25) is 0 Å². The first kappa shape index (κ1) is 14.6. The molecule has 0 amide bonds. The summed E-state index contributed by atoms with van der Waals surface area (Å²) < 4.78 is 5.14. The van der Waals surface area contributed by atoms with Crippen LogP contribution in [0.5, 0.6) is 0 Å². The summed E-state index contributed by atoms with van der Waals surface area (Å²) >= 11 is 0. The van der Waals surface area contributed by atoms with Gasteiger partial charge in [0.15, 0.2) is 0 Å². The average Bonchev–Trinajstić information content (AvgIpc) is 2.90. The maximum Gasteiger partial charge on any atom is 0.0950 e. The monoisotopic (exact) mass is 265 g/mol. The molecule has 1 fully saturated rings. The van der Waals surface area contributed by atoms with Gasteiger partial charge in [-0.3, -0.25) is 4.90 Å². The fourth-order valence-electron chi connectivity index (χ4n) is 2.57. The summed E-state index contributed by atoms with van der Waals surface area (Å²) in [4.78, 5) is 4.98. The Labute approximate surface area is 116 Å². The van der Waals surface area contributed by atoms with Gasteiger partial charge in [-0.05, 0) is 33.9 Å². The first-order valence-corrected chi connectivity index (χ1v) is 7.18. The van der Waals surface area contributed by atoms with E-state index in [0.29, 0.717) is 6.04 Å². The predicted molar refractivity (Wildman–Crippen MR) is 78.3 cm³/mol. The van der Waals surface area contributed by atoms with Gasteiger partial charge >= 0.3 is 0 Å². The lowest BCUT2D eigenvalue weighted by Gasteiger charge is -2.43. The molecule has 1 aromatic rings. The highest BCUT2D eigenvalue weighted by molar-refractivity contribution is 5.10. The van der Waals surface area contributed by atoms with Crippen molar-refractivity contribution in [3.8, 4) is 0 Å². The lowest BCUT2D eigenvalue weighted by Crippen LogP contribution is -2.57. The van der Waals surface area contributed by atoms with Gasteiger partial charge in [0.25, 0.3) is 0 Å². The van der Waals surface area contributed by atoms with E-state index in [4.69, 9.17) is 4.42 Å². The summed E-state index contributed by atoms with van der Waals surface area (Å²) in [6.07, 6.45) is 3.56. The number of hydrogen-bond acceptors (Lipinski definition) is 4. The van der Waals surface area contributed by atoms with Crippen LogP contribution in [0.2, 0.25) is 0 Å². The Morgan fingerprint density at radius 3 is 2.58 bits per heavy atom. The smallest absolute Gasteiger partial charge is 0.0950 e. The maximum atomic E-state index is 5.14. The summed E-state index contributed by atoms with van der Waals surface area (Å²) in [5.74, 6) is 0. The first-order chi connectivity index (χ1) is 8.99. The molecule has 108 valence electrons. The molecular weight excluding hydrogens is 238 g/mol. The van der Waals surface area contributed by atoms with E-state index < -0.39 is 0 Å². The number of rotatable bonds is 5. The van der Waals surface area contributed by atoms with Crippen LogP contribution < -0.4 is 5.32 Å². The summed E-state index contributed by atoms with van der Waals surface area (Å²) in [5.41, 5.74) is 1.41. The van der Waals surface area contributed by atoms with Crippen LogP contribution in [0.15, 0.2) is 23.0 Å². The van der Waals surface area contributed by atoms with Crippen LogP contribution in [0.4, 0.5) is 0 Å². The topological polar surface area (TPSA) is 31.6 Å². The molecule has 1 aromatic heterocycles. The molecule has 0 saturated carbocycles. The van der Waals surface area contributed by atoms with E-state index in [0.717, 1.165) is 19.6 Å². The van der Waals surface area contributed by atoms with E-state index in [1.54, 1.807) is 6.26 Å². The lowest BCUT2D eigenvalue weighted by molar-refractivity contribution is 0.0604. The zero-order valence-corrected chi connectivity index (χ0v) is 12.6. The minimum atomic E-state index is 0.194. The molecule has 1 unspecified atom stereocenters. The van der Waals surface area contributed by atoms with E-state index in [2.05, 4.69) is 42.9 Å². The van der Waals surface area contributed by atoms with Gasteiger partial charge in [-0.15, -0.1) is 0 Å². The van der Waals surface area contributed by atoms with Crippen molar-refractivity contribution in [3.05, 3.63) is 24.2 Å². The summed E-state index contributed by atoms with van der Waals surface area (Å²) in [6, 6.07) is 2.37. The standard InChI is InChI=1S/C15H27N3O/c1-13(14-5-10-19-11-14)16-12-15(2,3)18-8-6-17(4)7-9-18/h5,10-11,13,16H,6-9,12H2,1-4H3. The molecule has 1 aliphatic heterocycles. The minimum Gasteiger partial charge on any atom is -0.472 e. The molecule has 0 aromatic carbocycles. The van der Waals surface area contributed by atoms with E-state index >= 15 is 0 Å². The zero-order chi connectivity index (χ0) is 13.9. The number of piperazine rings is 1. The highest BCUT2D eigenvalue weighted by atomic mass is 16.3. The van der Waals surface area contributed by atoms with Crippen molar-refractivity contribution in [1.29, 1.82) is 0 Å². The third kappa shape index (κ3) is 3.81. The maximum absolute atomic E-state index is 5.14. The molecule has 0 aliphatic carbocycles. The Bertz CT molecular complexity index is 367. The normalized spacial score (nSPS) is 20.6. The van der Waals surface area contributed by atoms with Crippen LogP contribution in [-0.2, 0) is 0 Å². The SMILES string of the molecule is CC(NCC(C)(C)N1CCN(C)CC1)c1ccoc1. The number of furan rings is 1. The van der Waals surface area contributed by atoms with Gasteiger partial charge in [0.05, 0.1) is 12.5 Å². The molecule has 2 heterocycles. The summed E-state index contributed by atoms with van der Waals surface area (Å²) in [7, 11) is 2.20. The van der Waals surface area contributed by atoms with E-state index in [1.165, 1.54) is 18.7 Å². The van der Waals surface area contributed by atoms with Crippen LogP contribution in [0.3, 0.4) is 0 Å². The van der Waals surface area contributed by atoms with Gasteiger partial charge in [0, 0.05) is 49.9 Å². The molecule has 4 heteroatoms. The molecule has 0 spiro atoms. The predicted octanol–water partition coefficient (Wildman–Crippen LogP) is 1.96. The van der Waals surface area contributed by atoms with Crippen LogP contribution in [0, 0.1) is 0 Å². The Balaban J connectivity index is 1.83. The first-order valence-electron chi connectivity index (χ1n) is 7.18. The van der Waals surface area contributed by atoms with Crippen molar-refractivity contribution in [3.63, 3.8) is 0 Å². The highest BCUT2D eigenvalue weighted by Gasteiger charge is 2.29. The number of likely N-dealkylation sites (N-methyl/N-ethyl adjacent to an activating group) is 1. The fraction of sp³-hybridized carbons (Fsp3) is 0.733. The lowest BCUT2D eigenvalue weighted by atomic mass is 10.0. The number of nitrogens with zero attached hydrogens (tertiary/aromatic N) is 2. The van der Waals surface area contributed by atoms with Gasteiger partial charge in [-0.1, -0.05) is 0 Å². The minimum absolute atomic E-state index is 0.194. The molecule has 1 N–H and O–H groups in total. The molecule has 0 bridgehead atoms. The zero-order valence-electron chi connectivity index (χ0n) is 12.6. The average molecular weight is 265 g/mol. The van der Waals surface area contributed by atoms with Crippen LogP contribution in [0.1, 0.15) is 32.4 Å². The van der Waals surface area contributed by atoms with Gasteiger partial charge in [0.1, 0.15) is 0 Å². The molecule has 1 aliphatic rings. The Hall–Kier alpha value is -0.840. The highest BCUT2D eigenvalue weighted by Crippen LogP contribution is 2.18. The Kier molecular flexibility index (Phi) is 4.66. The van der Waals surface area contributed by atoms with Crippen molar-refractivity contribution in [2.45, 2.75) is 32.4 Å². The largest absolute Gasteiger partial charge is 0.472 e. The number of nitrogens with one attached hydrogen (secondary N) is 1. The molecule has 0 radical (unpaired) electrons. The summed E-state index contributed by atoms with van der Waals surface area (Å²) in [6.45, 7) is 12.5. The quantitative estimate of drug-likeness (QED) is 0.882. The molecule has 1 atom stereocenters. The van der Waals surface area contributed by atoms with Crippen molar-refractivity contribution in [1.82, 2.24) is 15.1 Å². The van der Waals surface area contributed by atoms with Crippen molar-refractivity contribution in [2.75, 3.05) is 39.8 Å². The Morgan fingerprint density at radius 2 is 2.00 bits per heavy atom. The van der Waals surface area contributed by atoms with Crippen molar-refractivity contribution >= 4 is 0 Å². The molecule has 2 rings (SSSR count). The third-order valence-electron chi connectivity index (χ3n) is 4.24. The second kappa shape index (κ2) is 6.07. The van der Waals surface area contributed by atoms with Gasteiger partial charge < -0.3 is 14.6 Å². The van der Waals surface area contributed by atoms with E-state index in [9.17, 15) is 0 Å². The Morgan fingerprint density at radius 1 is 1.32 bits per heavy atom. The van der Waals surface area contributed by atoms with Crippen LogP contribution in [0.25, 0.3) is 0 Å². The van der Waals surface area contributed by atoms with Crippen LogP contribution in [-0.4, -0.2) is 55.1 Å². The molecule has 1 saturated heterocycles. The van der Waals surface area contributed by atoms with Gasteiger partial charge in [-0.2, -0.15) is 0 Å². The third-order valence-corrected chi connectivity index (χ3v) is 4.24. The van der Waals surface area contributed by atoms with Crippen LogP contribution >= 0.6 is 0 Å².